The van der Waals surface area contributed by atoms with E-state index in [1.54, 1.807) is 18.3 Å². The Labute approximate surface area is 157 Å². The summed E-state index contributed by atoms with van der Waals surface area (Å²) in [6.45, 7) is 2.22. The summed E-state index contributed by atoms with van der Waals surface area (Å²) in [5.74, 6) is -0.500. The van der Waals surface area contributed by atoms with E-state index in [0.29, 0.717) is 0 Å². The van der Waals surface area contributed by atoms with Crippen LogP contribution >= 0.6 is 0 Å². The summed E-state index contributed by atoms with van der Waals surface area (Å²) >= 11 is 0. The zero-order chi connectivity index (χ0) is 18.6. The Balaban J connectivity index is 1.43. The second-order valence-corrected chi connectivity index (χ2v) is 6.70. The van der Waals surface area contributed by atoms with Crippen molar-refractivity contribution >= 4 is 28.6 Å². The largest absolute Gasteiger partial charge is 0.507 e. The van der Waals surface area contributed by atoms with Crippen LogP contribution in [0.2, 0.25) is 0 Å². The van der Waals surface area contributed by atoms with E-state index in [0.717, 1.165) is 29.4 Å². The lowest BCUT2D eigenvalue weighted by Crippen LogP contribution is -2.18. The van der Waals surface area contributed by atoms with E-state index < -0.39 is 5.91 Å². The molecule has 2 N–H and O–H groups in total. The lowest BCUT2D eigenvalue weighted by atomic mass is 10.1. The Morgan fingerprint density at radius 3 is 2.37 bits per heavy atom. The van der Waals surface area contributed by atoms with Gasteiger partial charge in [0, 0.05) is 18.8 Å². The first-order valence-corrected chi connectivity index (χ1v) is 9.11. The molecule has 1 aliphatic rings. The highest BCUT2D eigenvalue weighted by molar-refractivity contribution is 6.01. The van der Waals surface area contributed by atoms with E-state index in [1.165, 1.54) is 18.5 Å². The number of benzene rings is 3. The van der Waals surface area contributed by atoms with Crippen LogP contribution in [0.4, 0.5) is 5.69 Å². The molecule has 1 saturated heterocycles. The normalized spacial score (nSPS) is 14.1. The first-order chi connectivity index (χ1) is 13.2. The molecule has 0 bridgehead atoms. The molecule has 4 rings (SSSR count). The molecule has 1 fully saturated rings. The standard InChI is InChI=1S/C22H21N3O2/c26-21-14-18-6-2-1-5-17(18)13-20(21)22(27)24-23-15-16-7-9-19(10-8-16)25-11-3-4-12-25/h1-2,5-10,13-15,26H,3-4,11-12H2,(H,24,27). The number of aromatic hydroxyl groups is 1. The van der Waals surface area contributed by atoms with Gasteiger partial charge < -0.3 is 10.0 Å². The van der Waals surface area contributed by atoms with Gasteiger partial charge in [-0.25, -0.2) is 5.43 Å². The number of hydrogen-bond acceptors (Lipinski definition) is 4. The van der Waals surface area contributed by atoms with Gasteiger partial charge in [0.15, 0.2) is 0 Å². The lowest BCUT2D eigenvalue weighted by molar-refractivity contribution is 0.0952. The molecule has 0 unspecified atom stereocenters. The highest BCUT2D eigenvalue weighted by Gasteiger charge is 2.12. The van der Waals surface area contributed by atoms with Crippen molar-refractivity contribution in [1.29, 1.82) is 0 Å². The minimum Gasteiger partial charge on any atom is -0.507 e. The Hall–Kier alpha value is -3.34. The van der Waals surface area contributed by atoms with Gasteiger partial charge in [0.25, 0.3) is 5.91 Å². The van der Waals surface area contributed by atoms with Crippen molar-refractivity contribution in [2.45, 2.75) is 12.8 Å². The summed E-state index contributed by atoms with van der Waals surface area (Å²) in [6.07, 6.45) is 4.09. The number of hydrogen-bond donors (Lipinski definition) is 2. The highest BCUT2D eigenvalue weighted by atomic mass is 16.3. The third-order valence-corrected chi connectivity index (χ3v) is 4.85. The molecule has 1 amide bonds. The van der Waals surface area contributed by atoms with E-state index in [9.17, 15) is 9.90 Å². The van der Waals surface area contributed by atoms with E-state index in [2.05, 4.69) is 27.6 Å². The molecule has 3 aromatic rings. The van der Waals surface area contributed by atoms with E-state index in [1.807, 2.05) is 36.4 Å². The van der Waals surface area contributed by atoms with Crippen LogP contribution in [0.1, 0.15) is 28.8 Å². The van der Waals surface area contributed by atoms with Crippen LogP contribution in [0.25, 0.3) is 10.8 Å². The maximum absolute atomic E-state index is 12.3. The second kappa shape index (κ2) is 7.50. The summed E-state index contributed by atoms with van der Waals surface area (Å²) in [6, 6.07) is 18.9. The molecular formula is C22H21N3O2. The fraction of sp³-hybridized carbons (Fsp3) is 0.182. The Morgan fingerprint density at radius 2 is 1.67 bits per heavy atom. The number of anilines is 1. The molecule has 5 nitrogen and oxygen atoms in total. The van der Waals surface area contributed by atoms with Crippen molar-refractivity contribution in [3.8, 4) is 5.75 Å². The number of fused-ring (bicyclic) bond motifs is 1. The quantitative estimate of drug-likeness (QED) is 0.548. The Kier molecular flexibility index (Phi) is 4.75. The van der Waals surface area contributed by atoms with E-state index >= 15 is 0 Å². The fourth-order valence-corrected chi connectivity index (χ4v) is 3.38. The Morgan fingerprint density at radius 1 is 1.00 bits per heavy atom. The molecule has 0 radical (unpaired) electrons. The maximum atomic E-state index is 12.3. The predicted molar refractivity (Wildman–Crippen MR) is 109 cm³/mol. The summed E-state index contributed by atoms with van der Waals surface area (Å²) in [4.78, 5) is 14.7. The number of amides is 1. The maximum Gasteiger partial charge on any atom is 0.275 e. The van der Waals surface area contributed by atoms with Crippen molar-refractivity contribution in [3.05, 3.63) is 71.8 Å². The molecule has 0 atom stereocenters. The summed E-state index contributed by atoms with van der Waals surface area (Å²) in [5, 5.41) is 15.9. The predicted octanol–water partition coefficient (Wildman–Crippen LogP) is 3.91. The smallest absolute Gasteiger partial charge is 0.275 e. The third-order valence-electron chi connectivity index (χ3n) is 4.85. The zero-order valence-electron chi connectivity index (χ0n) is 14.9. The molecule has 27 heavy (non-hydrogen) atoms. The van der Waals surface area contributed by atoms with Crippen molar-refractivity contribution in [3.63, 3.8) is 0 Å². The SMILES string of the molecule is O=C(NN=Cc1ccc(N2CCCC2)cc1)c1cc2ccccc2cc1O. The molecule has 5 heteroatoms. The van der Waals surface area contributed by atoms with E-state index in [4.69, 9.17) is 0 Å². The number of phenols is 1. The van der Waals surface area contributed by atoms with Crippen LogP contribution < -0.4 is 10.3 Å². The van der Waals surface area contributed by atoms with Crippen LogP contribution in [-0.2, 0) is 0 Å². The van der Waals surface area contributed by atoms with Crippen LogP contribution in [0.3, 0.4) is 0 Å². The molecular weight excluding hydrogens is 338 g/mol. The number of nitrogens with zero attached hydrogens (tertiary/aromatic N) is 2. The number of hydrazone groups is 1. The number of rotatable bonds is 4. The van der Waals surface area contributed by atoms with Gasteiger partial charge in [0.1, 0.15) is 5.75 Å². The average Bonchev–Trinajstić information content (AvgIpc) is 3.22. The molecule has 3 aromatic carbocycles. The fourth-order valence-electron chi connectivity index (χ4n) is 3.38. The summed E-state index contributed by atoms with van der Waals surface area (Å²) in [7, 11) is 0. The molecule has 0 aliphatic carbocycles. The van der Waals surface area contributed by atoms with Crippen LogP contribution in [0, 0.1) is 0 Å². The first kappa shape index (κ1) is 17.1. The van der Waals surface area contributed by atoms with E-state index in [-0.39, 0.29) is 11.3 Å². The average molecular weight is 359 g/mol. The third kappa shape index (κ3) is 3.77. The highest BCUT2D eigenvalue weighted by Crippen LogP contribution is 2.25. The number of phenolic OH excluding ortho intramolecular Hbond substituents is 1. The van der Waals surface area contributed by atoms with Crippen LogP contribution in [0.15, 0.2) is 65.8 Å². The molecule has 0 spiro atoms. The molecule has 0 aromatic heterocycles. The topological polar surface area (TPSA) is 64.9 Å². The first-order valence-electron chi connectivity index (χ1n) is 9.11. The van der Waals surface area contributed by atoms with Gasteiger partial charge in [-0.1, -0.05) is 36.4 Å². The van der Waals surface area contributed by atoms with Gasteiger partial charge in [-0.05, 0) is 53.4 Å². The van der Waals surface area contributed by atoms with Gasteiger partial charge in [-0.15, -0.1) is 0 Å². The zero-order valence-corrected chi connectivity index (χ0v) is 14.9. The monoisotopic (exact) mass is 359 g/mol. The van der Waals surface area contributed by atoms with Crippen molar-refractivity contribution < 1.29 is 9.90 Å². The minimum atomic E-state index is -0.441. The van der Waals surface area contributed by atoms with Crippen LogP contribution in [-0.4, -0.2) is 30.3 Å². The van der Waals surface area contributed by atoms with Crippen LogP contribution in [0.5, 0.6) is 5.75 Å². The van der Waals surface area contributed by atoms with Gasteiger partial charge in [0.05, 0.1) is 11.8 Å². The molecule has 1 aliphatic heterocycles. The second-order valence-electron chi connectivity index (χ2n) is 6.70. The number of carbonyl (C=O) groups excluding carboxylic acids is 1. The number of nitrogens with one attached hydrogen (secondary N) is 1. The molecule has 136 valence electrons. The van der Waals surface area contributed by atoms with Gasteiger partial charge in [-0.3, -0.25) is 4.79 Å². The van der Waals surface area contributed by atoms with Gasteiger partial charge in [0.2, 0.25) is 0 Å². The lowest BCUT2D eigenvalue weighted by Gasteiger charge is -2.17. The van der Waals surface area contributed by atoms with Gasteiger partial charge in [-0.2, -0.15) is 5.10 Å². The molecule has 0 saturated carbocycles. The number of carbonyl (C=O) groups is 1. The summed E-state index contributed by atoms with van der Waals surface area (Å²) in [5.41, 5.74) is 4.81. The van der Waals surface area contributed by atoms with Crippen molar-refractivity contribution in [2.24, 2.45) is 5.10 Å². The Bertz CT molecular complexity index is 990. The van der Waals surface area contributed by atoms with Gasteiger partial charge >= 0.3 is 0 Å². The van der Waals surface area contributed by atoms with Crippen molar-refractivity contribution in [1.82, 2.24) is 5.43 Å². The van der Waals surface area contributed by atoms with Crippen molar-refractivity contribution in [2.75, 3.05) is 18.0 Å². The minimum absolute atomic E-state index is 0.0589. The molecule has 1 heterocycles. The summed E-state index contributed by atoms with van der Waals surface area (Å²) < 4.78 is 0.